The van der Waals surface area contributed by atoms with Crippen LogP contribution in [0.5, 0.6) is 0 Å². The summed E-state index contributed by atoms with van der Waals surface area (Å²) in [6, 6.07) is 20.3. The van der Waals surface area contributed by atoms with Gasteiger partial charge in [-0.05, 0) is 85.1 Å². The number of anilines is 1. The van der Waals surface area contributed by atoms with Gasteiger partial charge in [0.2, 0.25) is 0 Å². The Labute approximate surface area is 244 Å². The summed E-state index contributed by atoms with van der Waals surface area (Å²) in [7, 11) is -4.33. The Morgan fingerprint density at radius 1 is 0.976 bits per heavy atom. The lowest BCUT2D eigenvalue weighted by Gasteiger charge is -2.34. The summed E-state index contributed by atoms with van der Waals surface area (Å²) < 4.78 is 28.0. The quantitative estimate of drug-likeness (QED) is 0.114. The van der Waals surface area contributed by atoms with E-state index >= 15 is 0 Å². The number of nitrogens with zero attached hydrogens (tertiary/aromatic N) is 1. The smallest absolute Gasteiger partial charge is 0.293 e. The minimum absolute atomic E-state index is 0.202. The monoisotopic (exact) mass is 591 g/mol. The van der Waals surface area contributed by atoms with Crippen molar-refractivity contribution < 1.29 is 18.1 Å². The summed E-state index contributed by atoms with van der Waals surface area (Å²) in [5.74, 6) is 1.28. The van der Waals surface area contributed by atoms with Gasteiger partial charge in [0, 0.05) is 28.8 Å². The van der Waals surface area contributed by atoms with E-state index in [0.29, 0.717) is 18.2 Å². The molecule has 2 unspecified atom stereocenters. The van der Waals surface area contributed by atoms with E-state index in [-0.39, 0.29) is 21.8 Å². The molecule has 2 N–H and O–H groups in total. The first-order chi connectivity index (χ1) is 19.8. The molecule has 0 aliphatic heterocycles. The van der Waals surface area contributed by atoms with Crippen LogP contribution in [0, 0.1) is 22.0 Å². The standard InChI is InChI=1S/C31H33N3O5S2/c35-31(24-13-10-23(11-14-24)26-15-12-22-6-4-5-7-25(22)20-26)33-41(38,39)28-16-17-29(30(21-28)34(36)37)32-18-19-40-27-8-2-1-3-9-27/h1-3,8-11,13-14,16-17,20-22,25,32H,4-7,12,15,18-19H2,(H,33,35). The molecule has 2 aliphatic rings. The van der Waals surface area contributed by atoms with Crippen LogP contribution in [0.15, 0.2) is 88.7 Å². The number of fused-ring (bicyclic) bond motifs is 1. The molecule has 3 aromatic rings. The van der Waals surface area contributed by atoms with E-state index in [1.807, 2.05) is 42.5 Å². The molecule has 0 saturated heterocycles. The number of hydrogen-bond acceptors (Lipinski definition) is 7. The molecule has 214 valence electrons. The van der Waals surface area contributed by atoms with Crippen LogP contribution in [-0.2, 0) is 10.0 Å². The number of carbonyl (C=O) groups is 1. The van der Waals surface area contributed by atoms with Gasteiger partial charge in [0.05, 0.1) is 9.82 Å². The van der Waals surface area contributed by atoms with Gasteiger partial charge in [-0.3, -0.25) is 14.9 Å². The van der Waals surface area contributed by atoms with Gasteiger partial charge in [-0.2, -0.15) is 0 Å². The lowest BCUT2D eigenvalue weighted by Crippen LogP contribution is -2.30. The first-order valence-electron chi connectivity index (χ1n) is 13.9. The van der Waals surface area contributed by atoms with E-state index in [1.165, 1.54) is 49.8 Å². The average Bonchev–Trinajstić information content (AvgIpc) is 2.99. The van der Waals surface area contributed by atoms with Crippen LogP contribution in [0.4, 0.5) is 11.4 Å². The van der Waals surface area contributed by atoms with Crippen LogP contribution >= 0.6 is 11.8 Å². The summed E-state index contributed by atoms with van der Waals surface area (Å²) >= 11 is 1.60. The molecule has 5 rings (SSSR count). The van der Waals surface area contributed by atoms with Crippen molar-refractivity contribution in [2.24, 2.45) is 11.8 Å². The van der Waals surface area contributed by atoms with Gasteiger partial charge >= 0.3 is 0 Å². The van der Waals surface area contributed by atoms with Crippen molar-refractivity contribution in [3.63, 3.8) is 0 Å². The zero-order chi connectivity index (χ0) is 28.8. The Kier molecular flexibility index (Phi) is 9.09. The highest BCUT2D eigenvalue weighted by Gasteiger charge is 2.28. The summed E-state index contributed by atoms with van der Waals surface area (Å²) in [6.07, 6.45) is 9.71. The zero-order valence-corrected chi connectivity index (χ0v) is 24.3. The van der Waals surface area contributed by atoms with Gasteiger partial charge in [-0.1, -0.05) is 49.2 Å². The molecule has 0 aromatic heterocycles. The van der Waals surface area contributed by atoms with Gasteiger partial charge in [0.15, 0.2) is 0 Å². The normalized spacial score (nSPS) is 18.6. The Bertz CT molecular complexity index is 1540. The molecule has 41 heavy (non-hydrogen) atoms. The molecule has 1 amide bonds. The largest absolute Gasteiger partial charge is 0.379 e. The second-order valence-corrected chi connectivity index (χ2v) is 13.3. The van der Waals surface area contributed by atoms with Gasteiger partial charge < -0.3 is 5.32 Å². The fraction of sp³-hybridized carbons (Fsp3) is 0.323. The van der Waals surface area contributed by atoms with E-state index < -0.39 is 20.9 Å². The molecule has 2 aliphatic carbocycles. The molecule has 1 saturated carbocycles. The Morgan fingerprint density at radius 2 is 1.73 bits per heavy atom. The van der Waals surface area contributed by atoms with Crippen LogP contribution < -0.4 is 10.0 Å². The van der Waals surface area contributed by atoms with Crippen molar-refractivity contribution in [1.82, 2.24) is 4.72 Å². The third-order valence-corrected chi connectivity index (χ3v) is 10.2. The van der Waals surface area contributed by atoms with E-state index in [0.717, 1.165) is 28.9 Å². The summed E-state index contributed by atoms with van der Waals surface area (Å²) in [6.45, 7) is 0.442. The van der Waals surface area contributed by atoms with Crippen molar-refractivity contribution in [1.29, 1.82) is 0 Å². The number of carbonyl (C=O) groups excluding carboxylic acids is 1. The van der Waals surface area contributed by atoms with Gasteiger partial charge in [0.1, 0.15) is 5.69 Å². The number of thioether (sulfide) groups is 1. The second kappa shape index (κ2) is 12.9. The SMILES string of the molecule is O=C(NS(=O)(=O)c1ccc(NCCSc2ccccc2)c([N+](=O)[O-])c1)c1ccc(C2=CC3CCCCC3CC2)cc1. The van der Waals surface area contributed by atoms with Crippen LogP contribution in [0.25, 0.3) is 5.57 Å². The number of nitro benzene ring substituents is 1. The number of allylic oxidation sites excluding steroid dienone is 2. The zero-order valence-electron chi connectivity index (χ0n) is 22.6. The van der Waals surface area contributed by atoms with Crippen molar-refractivity contribution in [2.45, 2.75) is 48.3 Å². The highest BCUT2D eigenvalue weighted by atomic mass is 32.2. The van der Waals surface area contributed by atoms with Crippen LogP contribution in [0.3, 0.4) is 0 Å². The third kappa shape index (κ3) is 7.18. The third-order valence-electron chi connectivity index (χ3n) is 7.82. The molecule has 2 atom stereocenters. The molecule has 0 bridgehead atoms. The average molecular weight is 592 g/mol. The molecule has 0 spiro atoms. The Balaban J connectivity index is 1.22. The summed E-state index contributed by atoms with van der Waals surface area (Å²) in [5, 5.41) is 14.7. The van der Waals surface area contributed by atoms with E-state index in [1.54, 1.807) is 23.9 Å². The number of benzene rings is 3. The molecule has 0 radical (unpaired) electrons. The Morgan fingerprint density at radius 3 is 2.49 bits per heavy atom. The van der Waals surface area contributed by atoms with Gasteiger partial charge in [-0.25, -0.2) is 13.1 Å². The molecule has 3 aromatic carbocycles. The number of rotatable bonds is 10. The molecular formula is C31H33N3O5S2. The fourth-order valence-corrected chi connectivity index (χ4v) is 7.45. The molecular weight excluding hydrogens is 558 g/mol. The maximum Gasteiger partial charge on any atom is 0.293 e. The number of amides is 1. The number of sulfonamides is 1. The topological polar surface area (TPSA) is 118 Å². The van der Waals surface area contributed by atoms with E-state index in [4.69, 9.17) is 0 Å². The molecule has 8 nitrogen and oxygen atoms in total. The number of nitrogens with one attached hydrogen (secondary N) is 2. The van der Waals surface area contributed by atoms with Crippen molar-refractivity contribution >= 4 is 44.6 Å². The van der Waals surface area contributed by atoms with Gasteiger partial charge in [0.25, 0.3) is 21.6 Å². The fourth-order valence-electron chi connectivity index (χ4n) is 5.66. The first kappa shape index (κ1) is 28.9. The van der Waals surface area contributed by atoms with Crippen LogP contribution in [0.2, 0.25) is 0 Å². The number of nitro groups is 1. The lowest BCUT2D eigenvalue weighted by molar-refractivity contribution is -0.384. The Hall–Kier alpha value is -3.63. The maximum absolute atomic E-state index is 13.0. The number of hydrogen-bond donors (Lipinski definition) is 2. The van der Waals surface area contributed by atoms with E-state index in [9.17, 15) is 23.3 Å². The molecule has 0 heterocycles. The van der Waals surface area contributed by atoms with Crippen molar-refractivity contribution in [3.05, 3.63) is 100 Å². The van der Waals surface area contributed by atoms with Gasteiger partial charge in [-0.15, -0.1) is 11.8 Å². The van der Waals surface area contributed by atoms with Crippen molar-refractivity contribution in [2.75, 3.05) is 17.6 Å². The highest BCUT2D eigenvalue weighted by molar-refractivity contribution is 7.99. The van der Waals surface area contributed by atoms with Crippen LogP contribution in [-0.4, -0.2) is 31.5 Å². The van der Waals surface area contributed by atoms with Crippen molar-refractivity contribution in [3.8, 4) is 0 Å². The summed E-state index contributed by atoms with van der Waals surface area (Å²) in [4.78, 5) is 24.6. The predicted octanol–water partition coefficient (Wildman–Crippen LogP) is 6.90. The predicted molar refractivity (Wildman–Crippen MR) is 163 cm³/mol. The van der Waals surface area contributed by atoms with E-state index in [2.05, 4.69) is 16.1 Å². The lowest BCUT2D eigenvalue weighted by atomic mass is 9.71. The molecule has 10 heteroatoms. The second-order valence-electron chi connectivity index (χ2n) is 10.5. The molecule has 1 fully saturated rings. The highest BCUT2D eigenvalue weighted by Crippen LogP contribution is 2.41. The minimum Gasteiger partial charge on any atom is -0.379 e. The summed E-state index contributed by atoms with van der Waals surface area (Å²) in [5.41, 5.74) is 2.37. The maximum atomic E-state index is 13.0. The van der Waals surface area contributed by atoms with Crippen LogP contribution in [0.1, 0.15) is 54.4 Å². The minimum atomic E-state index is -4.33. The first-order valence-corrected chi connectivity index (χ1v) is 16.4.